The Kier molecular flexibility index (Phi) is 3.60. The molecule has 94 valence electrons. The molecule has 18 heavy (non-hydrogen) atoms. The fraction of sp³-hybridized carbons (Fsp3) is 0.200. The summed E-state index contributed by atoms with van der Waals surface area (Å²) in [6, 6.07) is 7.00. The van der Waals surface area contributed by atoms with Crippen molar-refractivity contribution >= 4 is 23.3 Å². The van der Waals surface area contributed by atoms with E-state index >= 15 is 0 Å². The summed E-state index contributed by atoms with van der Waals surface area (Å²) in [4.78, 5) is 21.3. The van der Waals surface area contributed by atoms with Crippen LogP contribution in [-0.2, 0) is 9.59 Å². The van der Waals surface area contributed by atoms with Gasteiger partial charge in [-0.25, -0.2) is 20.3 Å². The largest absolute Gasteiger partial charge is 0.479 e. The molecule has 2 aromatic rings. The smallest absolute Gasteiger partial charge is 0.344 e. The fourth-order valence-electron chi connectivity index (χ4n) is 1.50. The molecule has 0 radical (unpaired) electrons. The van der Waals surface area contributed by atoms with E-state index in [1.807, 2.05) is 0 Å². The number of rotatable bonds is 6. The van der Waals surface area contributed by atoms with Crippen LogP contribution in [0, 0.1) is 0 Å². The molecule has 1 aromatic carbocycles. The maximum atomic E-state index is 11.2. The van der Waals surface area contributed by atoms with Crippen molar-refractivity contribution < 1.29 is 14.7 Å². The summed E-state index contributed by atoms with van der Waals surface area (Å²) in [6.45, 7) is -0.00356. The van der Waals surface area contributed by atoms with Gasteiger partial charge in [0.25, 0.3) is 0 Å². The Balaban J connectivity index is 2.30. The number of para-hydroxylation sites is 1. The van der Waals surface area contributed by atoms with Crippen LogP contribution in [0.5, 0.6) is 0 Å². The molecule has 0 aliphatic heterocycles. The number of carbonyl (C=O) groups is 2. The van der Waals surface area contributed by atoms with Crippen LogP contribution in [0.1, 0.15) is 6.17 Å². The second-order valence-electron chi connectivity index (χ2n) is 3.46. The number of carbonyl (C=O) groups excluding carboxylic acids is 1. The van der Waals surface area contributed by atoms with E-state index in [2.05, 4.69) is 21.2 Å². The Bertz CT molecular complexity index is 567. The van der Waals surface area contributed by atoms with Crippen LogP contribution >= 0.6 is 0 Å². The molecule has 0 aliphatic carbocycles. The summed E-state index contributed by atoms with van der Waals surface area (Å²) in [5.74, 6) is -1.14. The zero-order valence-electron chi connectivity index (χ0n) is 9.28. The molecule has 0 spiro atoms. The van der Waals surface area contributed by atoms with Crippen LogP contribution in [-0.4, -0.2) is 38.9 Å². The lowest BCUT2D eigenvalue weighted by molar-refractivity contribution is -0.142. The summed E-state index contributed by atoms with van der Waals surface area (Å²) in [7, 11) is 0. The van der Waals surface area contributed by atoms with Crippen molar-refractivity contribution in [2.24, 2.45) is 0 Å². The first-order valence-corrected chi connectivity index (χ1v) is 5.19. The number of aromatic nitrogens is 3. The number of carboxylic acids is 1. The molecule has 1 unspecified atom stereocenters. The van der Waals surface area contributed by atoms with E-state index in [4.69, 9.17) is 5.11 Å². The Morgan fingerprint density at radius 2 is 2.28 bits per heavy atom. The van der Waals surface area contributed by atoms with Crippen LogP contribution in [0.25, 0.3) is 11.0 Å². The van der Waals surface area contributed by atoms with Gasteiger partial charge >= 0.3 is 5.97 Å². The first-order chi connectivity index (χ1) is 8.74. The highest BCUT2D eigenvalue weighted by Gasteiger charge is 2.22. The van der Waals surface area contributed by atoms with Crippen LogP contribution in [0.15, 0.2) is 24.3 Å². The average molecular weight is 249 g/mol. The summed E-state index contributed by atoms with van der Waals surface area (Å²) in [6.07, 6.45) is -0.525. The monoisotopic (exact) mass is 249 g/mol. The van der Waals surface area contributed by atoms with Crippen LogP contribution in [0.3, 0.4) is 0 Å². The van der Waals surface area contributed by atoms with Gasteiger partial charge in [0.1, 0.15) is 11.8 Å². The molecular formula is C10H11N5O3. The van der Waals surface area contributed by atoms with Gasteiger partial charge in [-0.2, -0.15) is 0 Å². The third kappa shape index (κ3) is 2.34. The van der Waals surface area contributed by atoms with E-state index in [1.165, 1.54) is 4.68 Å². The van der Waals surface area contributed by atoms with Crippen molar-refractivity contribution in [3.05, 3.63) is 24.3 Å². The standard InChI is InChI=1S/C10H11N5O3/c16-6-5-11-13-9(10(17)18)15-8-4-2-1-3-7(8)12-14-15/h1-4,6,9,11,13H,5H2,(H,17,18). The summed E-state index contributed by atoms with van der Waals surface area (Å²) in [5.41, 5.74) is 6.16. The second-order valence-corrected chi connectivity index (χ2v) is 3.46. The molecule has 0 fully saturated rings. The Labute approximate surface area is 102 Å². The summed E-state index contributed by atoms with van der Waals surface area (Å²) < 4.78 is 1.23. The number of nitrogens with one attached hydrogen (secondary N) is 2. The number of hydrogen-bond acceptors (Lipinski definition) is 6. The number of benzene rings is 1. The second kappa shape index (κ2) is 5.34. The van der Waals surface area contributed by atoms with Gasteiger partial charge in [-0.3, -0.25) is 0 Å². The van der Waals surface area contributed by atoms with Gasteiger partial charge in [-0.1, -0.05) is 17.3 Å². The molecule has 8 heteroatoms. The zero-order valence-corrected chi connectivity index (χ0v) is 9.28. The minimum absolute atomic E-state index is 0.00356. The van der Waals surface area contributed by atoms with E-state index in [9.17, 15) is 9.59 Å². The van der Waals surface area contributed by atoms with E-state index in [1.54, 1.807) is 24.3 Å². The predicted octanol–water partition coefficient (Wildman–Crippen LogP) is -0.692. The van der Waals surface area contributed by atoms with Crippen LogP contribution < -0.4 is 10.9 Å². The van der Waals surface area contributed by atoms with Gasteiger partial charge in [0.2, 0.25) is 6.17 Å². The Morgan fingerprint density at radius 1 is 1.50 bits per heavy atom. The van der Waals surface area contributed by atoms with Gasteiger partial charge in [-0.15, -0.1) is 5.10 Å². The third-order valence-corrected chi connectivity index (χ3v) is 2.28. The van der Waals surface area contributed by atoms with Crippen molar-refractivity contribution in [2.45, 2.75) is 6.17 Å². The first kappa shape index (κ1) is 12.1. The van der Waals surface area contributed by atoms with Crippen LogP contribution in [0.4, 0.5) is 0 Å². The van der Waals surface area contributed by atoms with Crippen molar-refractivity contribution in [3.63, 3.8) is 0 Å². The van der Waals surface area contributed by atoms with Crippen molar-refractivity contribution in [3.8, 4) is 0 Å². The summed E-state index contributed by atoms with van der Waals surface area (Å²) in [5, 5.41) is 16.8. The lowest BCUT2D eigenvalue weighted by Gasteiger charge is -2.14. The van der Waals surface area contributed by atoms with E-state index < -0.39 is 12.1 Å². The van der Waals surface area contributed by atoms with E-state index in [0.717, 1.165) is 0 Å². The number of aliphatic carboxylic acids is 1. The highest BCUT2D eigenvalue weighted by molar-refractivity contribution is 5.78. The number of fused-ring (bicyclic) bond motifs is 1. The van der Waals surface area contributed by atoms with Crippen molar-refractivity contribution in [1.29, 1.82) is 0 Å². The van der Waals surface area contributed by atoms with Gasteiger partial charge < -0.3 is 9.90 Å². The van der Waals surface area contributed by atoms with E-state index in [0.29, 0.717) is 17.3 Å². The molecule has 0 amide bonds. The fourth-order valence-corrected chi connectivity index (χ4v) is 1.50. The van der Waals surface area contributed by atoms with Crippen LogP contribution in [0.2, 0.25) is 0 Å². The van der Waals surface area contributed by atoms with Crippen molar-refractivity contribution in [2.75, 3.05) is 6.54 Å². The normalized spacial score (nSPS) is 12.4. The van der Waals surface area contributed by atoms with Gasteiger partial charge in [-0.05, 0) is 12.1 Å². The van der Waals surface area contributed by atoms with E-state index in [-0.39, 0.29) is 6.54 Å². The third-order valence-electron chi connectivity index (χ3n) is 2.28. The quantitative estimate of drug-likeness (QED) is 0.353. The lowest BCUT2D eigenvalue weighted by Crippen LogP contribution is -2.43. The number of carboxylic acid groups (broad SMARTS) is 1. The number of hydrogen-bond donors (Lipinski definition) is 3. The summed E-state index contributed by atoms with van der Waals surface area (Å²) >= 11 is 0. The molecular weight excluding hydrogens is 238 g/mol. The van der Waals surface area contributed by atoms with Crippen molar-refractivity contribution in [1.82, 2.24) is 25.8 Å². The Hall–Kier alpha value is -2.32. The van der Waals surface area contributed by atoms with Gasteiger partial charge in [0.05, 0.1) is 12.1 Å². The highest BCUT2D eigenvalue weighted by Crippen LogP contribution is 2.13. The van der Waals surface area contributed by atoms with Gasteiger partial charge in [0, 0.05) is 0 Å². The first-order valence-electron chi connectivity index (χ1n) is 5.19. The minimum atomic E-state index is -1.14. The van der Waals surface area contributed by atoms with Gasteiger partial charge in [0.15, 0.2) is 0 Å². The zero-order chi connectivity index (χ0) is 13.0. The number of nitrogens with zero attached hydrogens (tertiary/aromatic N) is 3. The highest BCUT2D eigenvalue weighted by atomic mass is 16.4. The molecule has 0 aliphatic rings. The predicted molar refractivity (Wildman–Crippen MR) is 61.4 cm³/mol. The molecule has 0 bridgehead atoms. The molecule has 3 N–H and O–H groups in total. The molecule has 2 rings (SSSR count). The molecule has 8 nitrogen and oxygen atoms in total. The molecule has 0 saturated heterocycles. The molecule has 1 aromatic heterocycles. The molecule has 1 heterocycles. The molecule has 1 atom stereocenters. The lowest BCUT2D eigenvalue weighted by atomic mass is 10.3. The topological polar surface area (TPSA) is 109 Å². The SMILES string of the molecule is O=CCNNC(C(=O)O)n1nnc2ccccc21. The average Bonchev–Trinajstić information content (AvgIpc) is 2.78. The maximum absolute atomic E-state index is 11.2. The number of aldehydes is 1. The maximum Gasteiger partial charge on any atom is 0.344 e. The minimum Gasteiger partial charge on any atom is -0.479 e. The number of hydrazine groups is 1. The molecule has 0 saturated carbocycles. The Morgan fingerprint density at radius 3 is 3.00 bits per heavy atom.